The smallest absolute Gasteiger partial charge is 0.237 e. The van der Waals surface area contributed by atoms with Crippen molar-refractivity contribution >= 4 is 11.8 Å². The lowest BCUT2D eigenvalue weighted by Crippen LogP contribution is -2.47. The summed E-state index contributed by atoms with van der Waals surface area (Å²) >= 11 is 0. The van der Waals surface area contributed by atoms with E-state index < -0.39 is 0 Å². The van der Waals surface area contributed by atoms with Crippen LogP contribution >= 0.6 is 0 Å². The zero-order chi connectivity index (χ0) is 16.8. The Bertz CT molecular complexity index is 532. The van der Waals surface area contributed by atoms with Crippen molar-refractivity contribution < 1.29 is 9.59 Å². The number of carbonyl (C=O) groups excluding carboxylic acids is 2. The average molecular weight is 317 g/mol. The van der Waals surface area contributed by atoms with Crippen molar-refractivity contribution in [3.05, 3.63) is 35.9 Å². The molecule has 5 nitrogen and oxygen atoms in total. The molecule has 126 valence electrons. The van der Waals surface area contributed by atoms with Gasteiger partial charge in [-0.05, 0) is 25.8 Å². The van der Waals surface area contributed by atoms with Gasteiger partial charge < -0.3 is 10.2 Å². The van der Waals surface area contributed by atoms with E-state index in [9.17, 15) is 9.59 Å². The van der Waals surface area contributed by atoms with E-state index in [4.69, 9.17) is 0 Å². The molecule has 0 aliphatic carbocycles. The standard InChI is InChI=1S/C18H27N3O2/c1-14(17-8-5-4-6-9-17)19-18(23)15(2)20-10-7-11-21(13-12-20)16(3)22/h4-6,8-9,14-15H,7,10-13H2,1-3H3,(H,19,23)/t14-,15-/m1/s1. The zero-order valence-electron chi connectivity index (χ0n) is 14.3. The lowest BCUT2D eigenvalue weighted by Gasteiger charge is -2.28. The van der Waals surface area contributed by atoms with Crippen molar-refractivity contribution in [1.82, 2.24) is 15.1 Å². The van der Waals surface area contributed by atoms with Crippen LogP contribution in [0.2, 0.25) is 0 Å². The minimum Gasteiger partial charge on any atom is -0.348 e. The Morgan fingerprint density at radius 1 is 1.04 bits per heavy atom. The van der Waals surface area contributed by atoms with Gasteiger partial charge in [-0.3, -0.25) is 14.5 Å². The highest BCUT2D eigenvalue weighted by atomic mass is 16.2. The summed E-state index contributed by atoms with van der Waals surface area (Å²) in [5.41, 5.74) is 1.10. The molecular formula is C18H27N3O2. The summed E-state index contributed by atoms with van der Waals surface area (Å²) in [6.45, 7) is 8.61. The van der Waals surface area contributed by atoms with E-state index in [1.54, 1.807) is 6.92 Å². The molecule has 1 saturated heterocycles. The predicted octanol–water partition coefficient (Wildman–Crippen LogP) is 1.81. The summed E-state index contributed by atoms with van der Waals surface area (Å²) in [7, 11) is 0. The molecule has 0 aromatic heterocycles. The summed E-state index contributed by atoms with van der Waals surface area (Å²) in [5.74, 6) is 0.152. The van der Waals surface area contributed by atoms with Gasteiger partial charge in [-0.25, -0.2) is 0 Å². The Hall–Kier alpha value is -1.88. The highest BCUT2D eigenvalue weighted by molar-refractivity contribution is 5.81. The fourth-order valence-corrected chi connectivity index (χ4v) is 2.96. The first-order chi connectivity index (χ1) is 11.0. The van der Waals surface area contributed by atoms with Crippen molar-refractivity contribution in [2.75, 3.05) is 26.2 Å². The van der Waals surface area contributed by atoms with Crippen LogP contribution in [0.5, 0.6) is 0 Å². The van der Waals surface area contributed by atoms with Gasteiger partial charge in [-0.2, -0.15) is 0 Å². The van der Waals surface area contributed by atoms with Crippen LogP contribution in [-0.4, -0.2) is 53.8 Å². The third-order valence-electron chi connectivity index (χ3n) is 4.56. The highest BCUT2D eigenvalue weighted by Crippen LogP contribution is 2.13. The van der Waals surface area contributed by atoms with Gasteiger partial charge in [0, 0.05) is 33.1 Å². The maximum absolute atomic E-state index is 12.5. The predicted molar refractivity (Wildman–Crippen MR) is 90.9 cm³/mol. The molecule has 1 aliphatic heterocycles. The number of hydrogen-bond acceptors (Lipinski definition) is 3. The Morgan fingerprint density at radius 3 is 2.39 bits per heavy atom. The number of hydrogen-bond donors (Lipinski definition) is 1. The maximum atomic E-state index is 12.5. The summed E-state index contributed by atoms with van der Waals surface area (Å²) in [4.78, 5) is 28.0. The molecule has 23 heavy (non-hydrogen) atoms. The van der Waals surface area contributed by atoms with Crippen LogP contribution in [0.3, 0.4) is 0 Å². The van der Waals surface area contributed by atoms with Gasteiger partial charge in [0.15, 0.2) is 0 Å². The second kappa shape index (κ2) is 8.11. The normalized spacial score (nSPS) is 18.8. The highest BCUT2D eigenvalue weighted by Gasteiger charge is 2.25. The van der Waals surface area contributed by atoms with Crippen LogP contribution in [0.15, 0.2) is 30.3 Å². The Labute approximate surface area is 138 Å². The van der Waals surface area contributed by atoms with E-state index in [-0.39, 0.29) is 23.9 Å². The van der Waals surface area contributed by atoms with Gasteiger partial charge in [0.2, 0.25) is 11.8 Å². The lowest BCUT2D eigenvalue weighted by atomic mass is 10.1. The van der Waals surface area contributed by atoms with Gasteiger partial charge in [0.1, 0.15) is 0 Å². The quantitative estimate of drug-likeness (QED) is 0.921. The van der Waals surface area contributed by atoms with Crippen LogP contribution < -0.4 is 5.32 Å². The number of rotatable bonds is 4. The average Bonchev–Trinajstić information content (AvgIpc) is 2.81. The molecule has 0 spiro atoms. The summed E-state index contributed by atoms with van der Waals surface area (Å²) in [6, 6.07) is 9.77. The molecule has 1 N–H and O–H groups in total. The van der Waals surface area contributed by atoms with Gasteiger partial charge in [0.25, 0.3) is 0 Å². The molecule has 1 heterocycles. The van der Waals surface area contributed by atoms with Gasteiger partial charge in [-0.15, -0.1) is 0 Å². The molecule has 2 rings (SSSR count). The van der Waals surface area contributed by atoms with Crippen molar-refractivity contribution in [2.24, 2.45) is 0 Å². The molecule has 1 aromatic rings. The van der Waals surface area contributed by atoms with E-state index in [2.05, 4.69) is 10.2 Å². The van der Waals surface area contributed by atoms with E-state index in [0.717, 1.165) is 31.6 Å². The zero-order valence-corrected chi connectivity index (χ0v) is 14.3. The van der Waals surface area contributed by atoms with Crippen molar-refractivity contribution in [2.45, 2.75) is 39.3 Å². The number of carbonyl (C=O) groups is 2. The summed E-state index contributed by atoms with van der Waals surface area (Å²) in [5, 5.41) is 3.09. The fourth-order valence-electron chi connectivity index (χ4n) is 2.96. The van der Waals surface area contributed by atoms with E-state index >= 15 is 0 Å². The van der Waals surface area contributed by atoms with Crippen LogP contribution in [0.25, 0.3) is 0 Å². The monoisotopic (exact) mass is 317 g/mol. The SMILES string of the molecule is CC(=O)N1CCCN([C@H](C)C(=O)N[C@H](C)c2ccccc2)CC1. The van der Waals surface area contributed by atoms with E-state index in [1.807, 2.05) is 49.1 Å². The molecule has 5 heteroatoms. The van der Waals surface area contributed by atoms with E-state index in [0.29, 0.717) is 6.54 Å². The number of nitrogens with zero attached hydrogens (tertiary/aromatic N) is 2. The first kappa shape index (κ1) is 17.5. The molecule has 0 bridgehead atoms. The molecule has 0 unspecified atom stereocenters. The number of benzene rings is 1. The second-order valence-electron chi connectivity index (χ2n) is 6.21. The molecule has 2 atom stereocenters. The van der Waals surface area contributed by atoms with Crippen molar-refractivity contribution in [1.29, 1.82) is 0 Å². The lowest BCUT2D eigenvalue weighted by molar-refractivity contribution is -0.128. The Morgan fingerprint density at radius 2 is 1.74 bits per heavy atom. The van der Waals surface area contributed by atoms with Gasteiger partial charge in [-0.1, -0.05) is 30.3 Å². The number of amides is 2. The molecular weight excluding hydrogens is 290 g/mol. The van der Waals surface area contributed by atoms with Crippen LogP contribution in [-0.2, 0) is 9.59 Å². The molecule has 1 aromatic carbocycles. The van der Waals surface area contributed by atoms with E-state index in [1.165, 1.54) is 0 Å². The van der Waals surface area contributed by atoms with Crippen molar-refractivity contribution in [3.8, 4) is 0 Å². The fraction of sp³-hybridized carbons (Fsp3) is 0.556. The minimum atomic E-state index is -0.187. The third-order valence-corrected chi connectivity index (χ3v) is 4.56. The van der Waals surface area contributed by atoms with Crippen LogP contribution in [0.4, 0.5) is 0 Å². The summed E-state index contributed by atoms with van der Waals surface area (Å²) < 4.78 is 0. The Kier molecular flexibility index (Phi) is 6.16. The molecule has 1 aliphatic rings. The minimum absolute atomic E-state index is 0.00755. The molecule has 0 radical (unpaired) electrons. The molecule has 0 saturated carbocycles. The summed E-state index contributed by atoms with van der Waals surface area (Å²) in [6.07, 6.45) is 0.908. The molecule has 1 fully saturated rings. The molecule has 2 amide bonds. The Balaban J connectivity index is 1.90. The number of nitrogens with one attached hydrogen (secondary N) is 1. The van der Waals surface area contributed by atoms with Crippen LogP contribution in [0, 0.1) is 0 Å². The van der Waals surface area contributed by atoms with Gasteiger partial charge in [0.05, 0.1) is 12.1 Å². The van der Waals surface area contributed by atoms with Crippen LogP contribution in [0.1, 0.15) is 38.8 Å². The topological polar surface area (TPSA) is 52.7 Å². The maximum Gasteiger partial charge on any atom is 0.237 e. The van der Waals surface area contributed by atoms with Gasteiger partial charge >= 0.3 is 0 Å². The first-order valence-electron chi connectivity index (χ1n) is 8.34. The van der Waals surface area contributed by atoms with Crippen molar-refractivity contribution in [3.63, 3.8) is 0 Å². The second-order valence-corrected chi connectivity index (χ2v) is 6.21. The first-order valence-corrected chi connectivity index (χ1v) is 8.34. The third kappa shape index (κ3) is 4.79. The largest absolute Gasteiger partial charge is 0.348 e.